The van der Waals surface area contributed by atoms with Crippen molar-refractivity contribution in [3.05, 3.63) is 24.0 Å². The first kappa shape index (κ1) is 14.3. The molecule has 0 saturated heterocycles. The summed E-state index contributed by atoms with van der Waals surface area (Å²) in [6, 6.07) is 3.94. The van der Waals surface area contributed by atoms with Crippen LogP contribution in [0, 0.1) is 0 Å². The van der Waals surface area contributed by atoms with Crippen LogP contribution >= 0.6 is 11.8 Å². The molecule has 0 aromatic carbocycles. The van der Waals surface area contributed by atoms with Crippen LogP contribution in [0.4, 0.5) is 0 Å². The van der Waals surface area contributed by atoms with Crippen LogP contribution in [0.25, 0.3) is 0 Å². The number of ether oxygens (including phenoxy) is 2. The molecule has 4 nitrogen and oxygen atoms in total. The molecule has 0 aliphatic heterocycles. The van der Waals surface area contributed by atoms with Gasteiger partial charge in [0, 0.05) is 26.0 Å². The minimum absolute atomic E-state index is 0.718. The molecular formula is C12H20N2O2S. The number of nitrogens with zero attached hydrogens (tertiary/aromatic N) is 1. The molecule has 0 radical (unpaired) electrons. The summed E-state index contributed by atoms with van der Waals surface area (Å²) in [6.45, 7) is 3.04. The van der Waals surface area contributed by atoms with E-state index >= 15 is 0 Å². The predicted molar refractivity (Wildman–Crippen MR) is 71.7 cm³/mol. The van der Waals surface area contributed by atoms with E-state index < -0.39 is 0 Å². The molecule has 96 valence electrons. The first-order valence-corrected chi connectivity index (χ1v) is 7.02. The Balaban J connectivity index is 2.24. The zero-order valence-electron chi connectivity index (χ0n) is 10.4. The van der Waals surface area contributed by atoms with Gasteiger partial charge in [-0.05, 0) is 18.4 Å². The van der Waals surface area contributed by atoms with Crippen LogP contribution in [0.2, 0.25) is 0 Å². The Morgan fingerprint density at radius 2 is 2.24 bits per heavy atom. The molecule has 1 heterocycles. The van der Waals surface area contributed by atoms with Crippen LogP contribution in [0.15, 0.2) is 18.3 Å². The molecule has 0 amide bonds. The molecule has 1 N–H and O–H groups in total. The van der Waals surface area contributed by atoms with Crippen molar-refractivity contribution < 1.29 is 9.47 Å². The second-order valence-corrected chi connectivity index (χ2v) is 4.48. The zero-order valence-corrected chi connectivity index (χ0v) is 11.3. The van der Waals surface area contributed by atoms with Gasteiger partial charge in [0.05, 0.1) is 25.1 Å². The largest absolute Gasteiger partial charge is 0.491 e. The number of pyridine rings is 1. The summed E-state index contributed by atoms with van der Waals surface area (Å²) < 4.78 is 10.5. The summed E-state index contributed by atoms with van der Waals surface area (Å²) in [4.78, 5) is 4.32. The molecule has 0 spiro atoms. The fourth-order valence-corrected chi connectivity index (χ4v) is 1.48. The van der Waals surface area contributed by atoms with Crippen LogP contribution in [0.5, 0.6) is 5.75 Å². The average Bonchev–Trinajstić information content (AvgIpc) is 2.37. The minimum atomic E-state index is 0.718. The molecule has 0 saturated carbocycles. The van der Waals surface area contributed by atoms with Crippen LogP contribution in [0.1, 0.15) is 5.69 Å². The first-order valence-electron chi connectivity index (χ1n) is 5.63. The quantitative estimate of drug-likeness (QED) is 0.679. The van der Waals surface area contributed by atoms with Crippen LogP contribution < -0.4 is 10.1 Å². The number of rotatable bonds is 9. The van der Waals surface area contributed by atoms with E-state index in [4.69, 9.17) is 9.47 Å². The predicted octanol–water partition coefficient (Wildman–Crippen LogP) is 1.56. The van der Waals surface area contributed by atoms with Crippen molar-refractivity contribution in [2.45, 2.75) is 6.54 Å². The topological polar surface area (TPSA) is 43.4 Å². The minimum Gasteiger partial charge on any atom is -0.491 e. The number of nitrogens with one attached hydrogen (secondary N) is 1. The second kappa shape index (κ2) is 9.27. The van der Waals surface area contributed by atoms with Gasteiger partial charge in [-0.3, -0.25) is 4.98 Å². The average molecular weight is 256 g/mol. The Morgan fingerprint density at radius 3 is 2.88 bits per heavy atom. The maximum atomic E-state index is 5.52. The van der Waals surface area contributed by atoms with Gasteiger partial charge in [-0.2, -0.15) is 11.8 Å². The van der Waals surface area contributed by atoms with Gasteiger partial charge in [0.2, 0.25) is 0 Å². The Kier molecular flexibility index (Phi) is 7.79. The summed E-state index contributed by atoms with van der Waals surface area (Å²) in [5.74, 6) is 1.83. The lowest BCUT2D eigenvalue weighted by Gasteiger charge is -2.06. The lowest BCUT2D eigenvalue weighted by atomic mass is 10.3. The van der Waals surface area contributed by atoms with E-state index in [1.54, 1.807) is 25.1 Å². The van der Waals surface area contributed by atoms with Gasteiger partial charge >= 0.3 is 0 Å². The highest BCUT2D eigenvalue weighted by molar-refractivity contribution is 7.98. The molecule has 0 fully saturated rings. The molecule has 17 heavy (non-hydrogen) atoms. The lowest BCUT2D eigenvalue weighted by Crippen LogP contribution is -2.19. The van der Waals surface area contributed by atoms with Crippen molar-refractivity contribution in [2.75, 3.05) is 38.9 Å². The Morgan fingerprint density at radius 1 is 1.35 bits per heavy atom. The van der Waals surface area contributed by atoms with E-state index in [0.717, 1.165) is 43.5 Å². The monoisotopic (exact) mass is 256 g/mol. The summed E-state index contributed by atoms with van der Waals surface area (Å²) in [5.41, 5.74) is 1.01. The number of hydrogen-bond acceptors (Lipinski definition) is 5. The van der Waals surface area contributed by atoms with E-state index in [9.17, 15) is 0 Å². The maximum absolute atomic E-state index is 5.52. The molecule has 0 unspecified atom stereocenters. The molecule has 5 heteroatoms. The van der Waals surface area contributed by atoms with Gasteiger partial charge in [0.25, 0.3) is 0 Å². The van der Waals surface area contributed by atoms with Crippen LogP contribution in [-0.2, 0) is 11.3 Å². The number of hydrogen-bond donors (Lipinski definition) is 1. The normalized spacial score (nSPS) is 10.5. The van der Waals surface area contributed by atoms with Crippen molar-refractivity contribution in [1.82, 2.24) is 10.3 Å². The molecule has 0 atom stereocenters. The van der Waals surface area contributed by atoms with Crippen molar-refractivity contribution in [2.24, 2.45) is 0 Å². The van der Waals surface area contributed by atoms with Crippen LogP contribution in [0.3, 0.4) is 0 Å². The first-order chi connectivity index (χ1) is 8.36. The highest BCUT2D eigenvalue weighted by Gasteiger charge is 1.96. The van der Waals surface area contributed by atoms with E-state index in [0.29, 0.717) is 0 Å². The molecule has 0 aliphatic carbocycles. The third-order valence-corrected chi connectivity index (χ3v) is 2.72. The number of thioether (sulfide) groups is 1. The second-order valence-electron chi connectivity index (χ2n) is 3.50. The Bertz CT molecular complexity index is 293. The summed E-state index contributed by atoms with van der Waals surface area (Å²) >= 11 is 1.77. The Labute approximate surface area is 107 Å². The smallest absolute Gasteiger partial charge is 0.137 e. The van der Waals surface area contributed by atoms with Crippen molar-refractivity contribution in [1.29, 1.82) is 0 Å². The van der Waals surface area contributed by atoms with Gasteiger partial charge in [-0.25, -0.2) is 0 Å². The van der Waals surface area contributed by atoms with E-state index in [1.807, 2.05) is 12.1 Å². The highest BCUT2D eigenvalue weighted by Crippen LogP contribution is 2.09. The molecule has 0 aliphatic rings. The third-order valence-electron chi connectivity index (χ3n) is 2.14. The third kappa shape index (κ3) is 6.51. The van der Waals surface area contributed by atoms with E-state index in [-0.39, 0.29) is 0 Å². The number of methoxy groups -OCH3 is 1. The maximum Gasteiger partial charge on any atom is 0.137 e. The standard InChI is InChI=1S/C12H20N2O2S/c1-15-6-5-13-9-11-3-4-12(10-14-11)16-7-8-17-2/h3-4,10,13H,5-9H2,1-2H3. The summed E-state index contributed by atoms with van der Waals surface area (Å²) in [7, 11) is 1.70. The molecule has 1 aromatic rings. The molecule has 0 bridgehead atoms. The fraction of sp³-hybridized carbons (Fsp3) is 0.583. The van der Waals surface area contributed by atoms with Gasteiger partial charge in [-0.15, -0.1) is 0 Å². The van der Waals surface area contributed by atoms with Gasteiger partial charge in [0.1, 0.15) is 5.75 Å². The molecular weight excluding hydrogens is 236 g/mol. The molecule has 1 rings (SSSR count). The SMILES string of the molecule is COCCNCc1ccc(OCCSC)cn1. The zero-order chi connectivity index (χ0) is 12.3. The molecule has 1 aromatic heterocycles. The van der Waals surface area contributed by atoms with Crippen molar-refractivity contribution in [3.8, 4) is 5.75 Å². The lowest BCUT2D eigenvalue weighted by molar-refractivity contribution is 0.199. The van der Waals surface area contributed by atoms with Crippen molar-refractivity contribution in [3.63, 3.8) is 0 Å². The fourth-order valence-electron chi connectivity index (χ4n) is 1.23. The van der Waals surface area contributed by atoms with Gasteiger partial charge in [-0.1, -0.05) is 0 Å². The van der Waals surface area contributed by atoms with E-state index in [1.165, 1.54) is 0 Å². The summed E-state index contributed by atoms with van der Waals surface area (Å²) in [5, 5.41) is 3.24. The van der Waals surface area contributed by atoms with Crippen LogP contribution in [-0.4, -0.2) is 43.9 Å². The van der Waals surface area contributed by atoms with Crippen molar-refractivity contribution >= 4 is 11.8 Å². The number of aromatic nitrogens is 1. The Hall–Kier alpha value is -0.780. The van der Waals surface area contributed by atoms with Gasteiger partial charge < -0.3 is 14.8 Å². The van der Waals surface area contributed by atoms with Gasteiger partial charge in [0.15, 0.2) is 0 Å². The highest BCUT2D eigenvalue weighted by atomic mass is 32.2. The van der Waals surface area contributed by atoms with E-state index in [2.05, 4.69) is 16.6 Å². The summed E-state index contributed by atoms with van der Waals surface area (Å²) in [6.07, 6.45) is 3.84.